The van der Waals surface area contributed by atoms with Gasteiger partial charge in [-0.1, -0.05) is 18.2 Å². The second-order valence-corrected chi connectivity index (χ2v) is 12.3. The van der Waals surface area contributed by atoms with E-state index in [-0.39, 0.29) is 24.4 Å². The molecule has 0 saturated carbocycles. The molecule has 0 aromatic heterocycles. The zero-order valence-electron chi connectivity index (χ0n) is 24.9. The van der Waals surface area contributed by atoms with Crippen molar-refractivity contribution in [3.63, 3.8) is 0 Å². The normalized spacial score (nSPS) is 42.8. The molecule has 47 heavy (non-hydrogen) atoms. The Morgan fingerprint density at radius 1 is 0.660 bits per heavy atom. The van der Waals surface area contributed by atoms with E-state index in [2.05, 4.69) is 0 Å². The van der Waals surface area contributed by atoms with Crippen LogP contribution in [0.1, 0.15) is 23.3 Å². The molecule has 0 radical (unpaired) electrons. The minimum Gasteiger partial charge on any atom is -0.462 e. The van der Waals surface area contributed by atoms with Crippen LogP contribution >= 0.6 is 0 Å². The summed E-state index contributed by atoms with van der Waals surface area (Å²) in [5, 5.41) is 82.0. The minimum atomic E-state index is -1.69. The number of rotatable bonds is 8. The van der Waals surface area contributed by atoms with Crippen molar-refractivity contribution in [2.75, 3.05) is 26.6 Å². The van der Waals surface area contributed by atoms with Crippen molar-refractivity contribution in [3.8, 4) is 17.2 Å². The number of hydrogen-bond acceptors (Lipinski definition) is 16. The van der Waals surface area contributed by atoms with E-state index in [0.29, 0.717) is 18.1 Å². The van der Waals surface area contributed by atoms with Crippen molar-refractivity contribution in [2.24, 2.45) is 11.8 Å². The molecule has 2 aromatic carbocycles. The van der Waals surface area contributed by atoms with Gasteiger partial charge in [0.25, 0.3) is 0 Å². The van der Waals surface area contributed by atoms with E-state index in [1.165, 1.54) is 0 Å². The Balaban J connectivity index is 0.981. The van der Waals surface area contributed by atoms with Crippen molar-refractivity contribution >= 4 is 0 Å². The topological polar surface area (TPSA) is 236 Å². The molecule has 4 saturated heterocycles. The van der Waals surface area contributed by atoms with E-state index in [4.69, 9.17) is 37.9 Å². The van der Waals surface area contributed by atoms with E-state index in [0.717, 1.165) is 11.1 Å². The van der Waals surface area contributed by atoms with Crippen LogP contribution in [-0.4, -0.2) is 135 Å². The van der Waals surface area contributed by atoms with Crippen molar-refractivity contribution in [3.05, 3.63) is 53.6 Å². The van der Waals surface area contributed by atoms with Gasteiger partial charge in [0.05, 0.1) is 32.0 Å². The molecule has 0 spiro atoms. The van der Waals surface area contributed by atoms with Gasteiger partial charge in [0.2, 0.25) is 13.1 Å². The number of aliphatic hydroxyl groups is 8. The van der Waals surface area contributed by atoms with Crippen molar-refractivity contribution in [1.29, 1.82) is 0 Å². The molecule has 16 nitrogen and oxygen atoms in total. The van der Waals surface area contributed by atoms with Gasteiger partial charge in [-0.2, -0.15) is 0 Å². The Morgan fingerprint density at radius 3 is 2.06 bits per heavy atom. The summed E-state index contributed by atoms with van der Waals surface area (Å²) < 4.78 is 45.3. The van der Waals surface area contributed by atoms with E-state index in [1.54, 1.807) is 24.3 Å². The zero-order valence-corrected chi connectivity index (χ0v) is 24.9. The fourth-order valence-electron chi connectivity index (χ4n) is 6.80. The van der Waals surface area contributed by atoms with Crippen LogP contribution in [-0.2, 0) is 23.7 Å². The molecule has 15 unspecified atom stereocenters. The van der Waals surface area contributed by atoms with E-state index < -0.39 is 93.1 Å². The summed E-state index contributed by atoms with van der Waals surface area (Å²) in [4.78, 5) is 0. The molecular formula is C31H38O16. The molecule has 0 amide bonds. The highest BCUT2D eigenvalue weighted by Gasteiger charge is 2.53. The summed E-state index contributed by atoms with van der Waals surface area (Å²) in [6.07, 6.45) is -17.2. The standard InChI is InChI=1S/C31H38O16/c32-8-18-21(33)23(35)25(37)30(45-18)41-10-19-22(34)24(36)26(38)31(46-19)44-14-4-1-12(2-5-14)28-20-15(9-40-28)27(47-29(20)39)13-3-6-16-17(7-13)43-11-42-16/h1-7,15,18-39H,8-11H2. The molecule has 5 aliphatic rings. The van der Waals surface area contributed by atoms with E-state index >= 15 is 0 Å². The Labute approximate surface area is 268 Å². The molecule has 16 heteroatoms. The van der Waals surface area contributed by atoms with Crippen molar-refractivity contribution in [2.45, 2.75) is 79.9 Å². The predicted octanol–water partition coefficient (Wildman–Crippen LogP) is -2.19. The van der Waals surface area contributed by atoms with Gasteiger partial charge in [-0.25, -0.2) is 0 Å². The maximum Gasteiger partial charge on any atom is 0.231 e. The maximum atomic E-state index is 10.9. The lowest BCUT2D eigenvalue weighted by Gasteiger charge is -2.42. The Kier molecular flexibility index (Phi) is 9.31. The van der Waals surface area contributed by atoms with Crippen LogP contribution in [0.3, 0.4) is 0 Å². The number of ether oxygens (including phenoxy) is 8. The average molecular weight is 667 g/mol. The summed E-state index contributed by atoms with van der Waals surface area (Å²) in [7, 11) is 0. The number of hydrogen-bond donors (Lipinski definition) is 8. The molecule has 2 aromatic rings. The van der Waals surface area contributed by atoms with Crippen LogP contribution in [0.2, 0.25) is 0 Å². The Morgan fingerprint density at radius 2 is 1.32 bits per heavy atom. The first-order valence-corrected chi connectivity index (χ1v) is 15.4. The molecule has 5 heterocycles. The first kappa shape index (κ1) is 32.8. The fraction of sp³-hybridized carbons (Fsp3) is 0.613. The number of benzene rings is 2. The SMILES string of the molecule is OCC1OC(OCC2OC(Oc3ccc(C4OCC5C(c6ccc7c(c6)OCO7)OC(O)C45)cc3)C(O)C(O)C2O)C(O)C(O)C1O. The van der Waals surface area contributed by atoms with Crippen LogP contribution in [0.15, 0.2) is 42.5 Å². The van der Waals surface area contributed by atoms with E-state index in [9.17, 15) is 40.9 Å². The molecule has 258 valence electrons. The van der Waals surface area contributed by atoms with Crippen molar-refractivity contribution in [1.82, 2.24) is 0 Å². The molecule has 15 atom stereocenters. The van der Waals surface area contributed by atoms with Crippen LogP contribution in [0, 0.1) is 11.8 Å². The summed E-state index contributed by atoms with van der Waals surface area (Å²) in [5.41, 5.74) is 1.61. The van der Waals surface area contributed by atoms with Gasteiger partial charge < -0.3 is 78.7 Å². The van der Waals surface area contributed by atoms with E-state index in [1.807, 2.05) is 18.2 Å². The third-order valence-corrected chi connectivity index (χ3v) is 9.44. The third-order valence-electron chi connectivity index (χ3n) is 9.44. The highest BCUT2D eigenvalue weighted by molar-refractivity contribution is 5.45. The monoisotopic (exact) mass is 666 g/mol. The highest BCUT2D eigenvalue weighted by Crippen LogP contribution is 2.53. The smallest absolute Gasteiger partial charge is 0.231 e. The maximum absolute atomic E-state index is 10.9. The molecule has 0 aliphatic carbocycles. The lowest BCUT2D eigenvalue weighted by molar-refractivity contribution is -0.323. The van der Waals surface area contributed by atoms with Gasteiger partial charge in [-0.05, 0) is 35.4 Å². The van der Waals surface area contributed by atoms with Gasteiger partial charge in [0.1, 0.15) is 54.6 Å². The molecule has 0 bridgehead atoms. The highest BCUT2D eigenvalue weighted by atomic mass is 16.7. The number of fused-ring (bicyclic) bond motifs is 2. The van der Waals surface area contributed by atoms with Gasteiger partial charge in [0.15, 0.2) is 24.1 Å². The molecule has 7 rings (SSSR count). The first-order chi connectivity index (χ1) is 22.6. The van der Waals surface area contributed by atoms with Gasteiger partial charge >= 0.3 is 0 Å². The molecule has 8 N–H and O–H groups in total. The lowest BCUT2D eigenvalue weighted by atomic mass is 9.84. The number of aliphatic hydroxyl groups excluding tert-OH is 8. The summed E-state index contributed by atoms with van der Waals surface area (Å²) in [6, 6.07) is 12.2. The second-order valence-electron chi connectivity index (χ2n) is 12.3. The zero-order chi connectivity index (χ0) is 33.0. The van der Waals surface area contributed by atoms with Gasteiger partial charge in [-0.3, -0.25) is 0 Å². The molecular weight excluding hydrogens is 628 g/mol. The summed E-state index contributed by atoms with van der Waals surface area (Å²) in [5.74, 6) is 1.07. The molecule has 4 fully saturated rings. The van der Waals surface area contributed by atoms with Crippen LogP contribution in [0.4, 0.5) is 0 Å². The minimum absolute atomic E-state index is 0.118. The Hall–Kier alpha value is -2.68. The van der Waals surface area contributed by atoms with Gasteiger partial charge in [0, 0.05) is 11.8 Å². The average Bonchev–Trinajstić information content (AvgIpc) is 3.81. The van der Waals surface area contributed by atoms with Crippen LogP contribution in [0.25, 0.3) is 0 Å². The quantitative estimate of drug-likeness (QED) is 0.149. The Bertz CT molecular complexity index is 1380. The van der Waals surface area contributed by atoms with Crippen molar-refractivity contribution < 1.29 is 78.7 Å². The first-order valence-electron chi connectivity index (χ1n) is 15.4. The third kappa shape index (κ3) is 6.08. The fourth-order valence-corrected chi connectivity index (χ4v) is 6.80. The lowest BCUT2D eigenvalue weighted by Crippen LogP contribution is -2.62. The van der Waals surface area contributed by atoms with Crippen LogP contribution < -0.4 is 14.2 Å². The molecule has 5 aliphatic heterocycles. The van der Waals surface area contributed by atoms with Crippen LogP contribution in [0.5, 0.6) is 17.2 Å². The second kappa shape index (κ2) is 13.3. The predicted molar refractivity (Wildman–Crippen MR) is 152 cm³/mol. The largest absolute Gasteiger partial charge is 0.462 e. The summed E-state index contributed by atoms with van der Waals surface area (Å²) in [6.45, 7) is -0.625. The van der Waals surface area contributed by atoms with Gasteiger partial charge in [-0.15, -0.1) is 0 Å². The summed E-state index contributed by atoms with van der Waals surface area (Å²) >= 11 is 0.